The van der Waals surface area contributed by atoms with Crippen molar-refractivity contribution >= 4 is 23.2 Å². The zero-order valence-electron chi connectivity index (χ0n) is 15.3. The highest BCUT2D eigenvalue weighted by Crippen LogP contribution is 2.19. The summed E-state index contributed by atoms with van der Waals surface area (Å²) >= 11 is 0. The van der Waals surface area contributed by atoms with Gasteiger partial charge in [-0.1, -0.05) is 12.1 Å². The van der Waals surface area contributed by atoms with Gasteiger partial charge in [0.15, 0.2) is 0 Å². The van der Waals surface area contributed by atoms with Crippen LogP contribution in [0.1, 0.15) is 0 Å². The van der Waals surface area contributed by atoms with Gasteiger partial charge in [-0.25, -0.2) is 8.78 Å². The third-order valence-electron chi connectivity index (χ3n) is 4.59. The SMILES string of the molecule is O=C(NCCN1CCN(c2ccccc2F)CC1)C(=O)Nc1ccc(F)cc1. The summed E-state index contributed by atoms with van der Waals surface area (Å²) in [5, 5.41) is 4.99. The van der Waals surface area contributed by atoms with E-state index in [1.165, 1.54) is 30.3 Å². The lowest BCUT2D eigenvalue weighted by Gasteiger charge is -2.36. The highest BCUT2D eigenvalue weighted by atomic mass is 19.1. The van der Waals surface area contributed by atoms with Gasteiger partial charge in [0.2, 0.25) is 0 Å². The van der Waals surface area contributed by atoms with Crippen LogP contribution in [0.3, 0.4) is 0 Å². The lowest BCUT2D eigenvalue weighted by atomic mass is 10.2. The maximum absolute atomic E-state index is 13.9. The predicted octanol–water partition coefficient (Wildman–Crippen LogP) is 1.84. The van der Waals surface area contributed by atoms with E-state index in [9.17, 15) is 18.4 Å². The summed E-state index contributed by atoms with van der Waals surface area (Å²) in [6.45, 7) is 3.80. The van der Waals surface area contributed by atoms with Crippen molar-refractivity contribution < 1.29 is 18.4 Å². The minimum Gasteiger partial charge on any atom is -0.367 e. The van der Waals surface area contributed by atoms with E-state index in [0.717, 1.165) is 13.1 Å². The third kappa shape index (κ3) is 5.26. The second-order valence-electron chi connectivity index (χ2n) is 6.50. The van der Waals surface area contributed by atoms with E-state index in [1.54, 1.807) is 12.1 Å². The summed E-state index contributed by atoms with van der Waals surface area (Å²) in [5.74, 6) is -2.18. The van der Waals surface area contributed by atoms with Crippen LogP contribution in [0.25, 0.3) is 0 Å². The van der Waals surface area contributed by atoms with Gasteiger partial charge in [0.1, 0.15) is 11.6 Å². The number of amides is 2. The Balaban J connectivity index is 1.37. The number of nitrogens with zero attached hydrogens (tertiary/aromatic N) is 2. The van der Waals surface area contributed by atoms with Gasteiger partial charge in [0, 0.05) is 45.0 Å². The molecule has 0 aliphatic carbocycles. The molecule has 3 rings (SSSR count). The van der Waals surface area contributed by atoms with E-state index in [2.05, 4.69) is 15.5 Å². The van der Waals surface area contributed by atoms with Gasteiger partial charge in [0.25, 0.3) is 0 Å². The molecule has 28 heavy (non-hydrogen) atoms. The van der Waals surface area contributed by atoms with Crippen LogP contribution in [0.2, 0.25) is 0 Å². The Morgan fingerprint density at radius 3 is 2.25 bits per heavy atom. The fourth-order valence-corrected chi connectivity index (χ4v) is 3.05. The molecule has 6 nitrogen and oxygen atoms in total. The molecular weight excluding hydrogens is 366 g/mol. The number of hydrogen-bond acceptors (Lipinski definition) is 4. The number of carbonyl (C=O) groups is 2. The van der Waals surface area contributed by atoms with Gasteiger partial charge in [-0.05, 0) is 36.4 Å². The second kappa shape index (κ2) is 9.27. The number of anilines is 2. The Bertz CT molecular complexity index is 821. The smallest absolute Gasteiger partial charge is 0.313 e. The van der Waals surface area contributed by atoms with Crippen molar-refractivity contribution in [2.24, 2.45) is 0 Å². The summed E-state index contributed by atoms with van der Waals surface area (Å²) in [5.41, 5.74) is 0.957. The fourth-order valence-electron chi connectivity index (χ4n) is 3.05. The number of halogens is 2. The topological polar surface area (TPSA) is 64.7 Å². The Hall–Kier alpha value is -3.00. The van der Waals surface area contributed by atoms with Crippen LogP contribution < -0.4 is 15.5 Å². The summed E-state index contributed by atoms with van der Waals surface area (Å²) < 4.78 is 26.7. The monoisotopic (exact) mass is 388 g/mol. The molecule has 1 aliphatic rings. The third-order valence-corrected chi connectivity index (χ3v) is 4.59. The number of rotatable bonds is 5. The fraction of sp³-hybridized carbons (Fsp3) is 0.300. The van der Waals surface area contributed by atoms with Gasteiger partial charge in [-0.15, -0.1) is 0 Å². The molecule has 2 N–H and O–H groups in total. The number of carbonyl (C=O) groups excluding carboxylic acids is 2. The molecule has 1 aliphatic heterocycles. The van der Waals surface area contributed by atoms with Crippen LogP contribution in [-0.2, 0) is 9.59 Å². The lowest BCUT2D eigenvalue weighted by molar-refractivity contribution is -0.136. The molecule has 8 heteroatoms. The largest absolute Gasteiger partial charge is 0.367 e. The molecule has 2 amide bonds. The molecular formula is C20H22F2N4O2. The van der Waals surface area contributed by atoms with Crippen LogP contribution >= 0.6 is 0 Å². The first-order valence-corrected chi connectivity index (χ1v) is 9.09. The van der Waals surface area contributed by atoms with E-state index >= 15 is 0 Å². The Kier molecular flexibility index (Phi) is 6.54. The summed E-state index contributed by atoms with van der Waals surface area (Å²) in [7, 11) is 0. The zero-order valence-corrected chi connectivity index (χ0v) is 15.3. The van der Waals surface area contributed by atoms with Crippen LogP contribution in [0.5, 0.6) is 0 Å². The van der Waals surface area contributed by atoms with Crippen LogP contribution in [0.4, 0.5) is 20.2 Å². The molecule has 2 aromatic rings. The molecule has 0 unspecified atom stereocenters. The molecule has 0 radical (unpaired) electrons. The molecule has 0 bridgehead atoms. The average molecular weight is 388 g/mol. The summed E-state index contributed by atoms with van der Waals surface area (Å²) in [4.78, 5) is 27.9. The maximum atomic E-state index is 13.9. The Labute approximate surface area is 162 Å². The average Bonchev–Trinajstić information content (AvgIpc) is 2.70. The van der Waals surface area contributed by atoms with Crippen molar-refractivity contribution in [3.05, 3.63) is 60.2 Å². The molecule has 1 fully saturated rings. The quantitative estimate of drug-likeness (QED) is 0.768. The first-order valence-electron chi connectivity index (χ1n) is 9.09. The lowest BCUT2D eigenvalue weighted by Crippen LogP contribution is -2.49. The number of benzene rings is 2. The predicted molar refractivity (Wildman–Crippen MR) is 103 cm³/mol. The molecule has 1 heterocycles. The highest BCUT2D eigenvalue weighted by molar-refractivity contribution is 6.39. The van der Waals surface area contributed by atoms with Crippen molar-refractivity contribution in [1.82, 2.24) is 10.2 Å². The van der Waals surface area contributed by atoms with Crippen molar-refractivity contribution in [2.45, 2.75) is 0 Å². The molecule has 0 spiro atoms. The number of nitrogens with one attached hydrogen (secondary N) is 2. The first-order chi connectivity index (χ1) is 13.5. The van der Waals surface area contributed by atoms with E-state index < -0.39 is 17.6 Å². The van der Waals surface area contributed by atoms with Crippen molar-refractivity contribution in [3.8, 4) is 0 Å². The van der Waals surface area contributed by atoms with E-state index in [1.807, 2.05) is 11.0 Å². The molecule has 148 valence electrons. The first kappa shape index (κ1) is 19.8. The van der Waals surface area contributed by atoms with Crippen LogP contribution in [-0.4, -0.2) is 56.0 Å². The molecule has 1 saturated heterocycles. The molecule has 2 aromatic carbocycles. The zero-order chi connectivity index (χ0) is 19.9. The molecule has 0 saturated carbocycles. The van der Waals surface area contributed by atoms with Crippen molar-refractivity contribution in [1.29, 1.82) is 0 Å². The second-order valence-corrected chi connectivity index (χ2v) is 6.50. The minimum atomic E-state index is -0.795. The molecule has 0 atom stereocenters. The number of hydrogen-bond donors (Lipinski definition) is 2. The normalized spacial score (nSPS) is 14.6. The Morgan fingerprint density at radius 2 is 1.57 bits per heavy atom. The maximum Gasteiger partial charge on any atom is 0.313 e. The van der Waals surface area contributed by atoms with Gasteiger partial charge in [-0.3, -0.25) is 14.5 Å². The van der Waals surface area contributed by atoms with Gasteiger partial charge >= 0.3 is 11.8 Å². The van der Waals surface area contributed by atoms with Crippen molar-refractivity contribution in [3.63, 3.8) is 0 Å². The van der Waals surface area contributed by atoms with E-state index in [0.29, 0.717) is 37.6 Å². The minimum absolute atomic E-state index is 0.226. The summed E-state index contributed by atoms with van der Waals surface area (Å²) in [6, 6.07) is 11.9. The standard InChI is InChI=1S/C20H22F2N4O2/c21-15-5-7-16(8-6-15)24-20(28)19(27)23-9-10-25-11-13-26(14-12-25)18-4-2-1-3-17(18)22/h1-8H,9-14H2,(H,23,27)(H,24,28). The highest BCUT2D eigenvalue weighted by Gasteiger charge is 2.19. The van der Waals surface area contributed by atoms with E-state index in [4.69, 9.17) is 0 Å². The number of piperazine rings is 1. The Morgan fingerprint density at radius 1 is 0.893 bits per heavy atom. The molecule has 0 aromatic heterocycles. The van der Waals surface area contributed by atoms with Gasteiger partial charge < -0.3 is 15.5 Å². The summed E-state index contributed by atoms with van der Waals surface area (Å²) in [6.07, 6.45) is 0. The van der Waals surface area contributed by atoms with Crippen LogP contribution in [0.15, 0.2) is 48.5 Å². The van der Waals surface area contributed by atoms with Crippen molar-refractivity contribution in [2.75, 3.05) is 49.5 Å². The van der Waals surface area contributed by atoms with E-state index in [-0.39, 0.29) is 5.82 Å². The van der Waals surface area contributed by atoms with Gasteiger partial charge in [0.05, 0.1) is 5.69 Å². The number of para-hydroxylation sites is 1. The van der Waals surface area contributed by atoms with Crippen LogP contribution in [0, 0.1) is 11.6 Å². The van der Waals surface area contributed by atoms with Gasteiger partial charge in [-0.2, -0.15) is 0 Å².